The average Bonchev–Trinajstić information content (AvgIpc) is 3.62. The fraction of sp³-hybridized carbons (Fsp3) is 0.150. The Kier molecular flexibility index (Phi) is 9.42. The first-order valence-corrected chi connectivity index (χ1v) is 16.0. The first-order valence-electron chi connectivity index (χ1n) is 15.2. The number of halogens is 2. The molecule has 45 heavy (non-hydrogen) atoms. The van der Waals surface area contributed by atoms with Gasteiger partial charge in [-0.15, -0.1) is 0 Å². The van der Waals surface area contributed by atoms with Crippen molar-refractivity contribution in [2.24, 2.45) is 0 Å². The highest BCUT2D eigenvalue weighted by atomic mass is 35.5. The van der Waals surface area contributed by atoms with E-state index in [-0.39, 0.29) is 0 Å². The minimum Gasteiger partial charge on any atom is -0.387 e. The van der Waals surface area contributed by atoms with Crippen molar-refractivity contribution >= 4 is 45.0 Å². The summed E-state index contributed by atoms with van der Waals surface area (Å²) in [5.41, 5.74) is 11.1. The van der Waals surface area contributed by atoms with Gasteiger partial charge >= 0.3 is 0 Å². The van der Waals surface area contributed by atoms with E-state index in [0.717, 1.165) is 23.9 Å². The number of para-hydroxylation sites is 2. The lowest BCUT2D eigenvalue weighted by molar-refractivity contribution is 0.158. The van der Waals surface area contributed by atoms with Gasteiger partial charge in [-0.05, 0) is 89.9 Å². The number of fused-ring (bicyclic) bond motifs is 2. The van der Waals surface area contributed by atoms with Crippen molar-refractivity contribution in [3.8, 4) is 0 Å². The summed E-state index contributed by atoms with van der Waals surface area (Å²) >= 11 is 12.1. The summed E-state index contributed by atoms with van der Waals surface area (Å²) in [5.74, 6) is 0. The highest BCUT2D eigenvalue weighted by Crippen LogP contribution is 2.30. The molecular weight excluding hydrogens is 595 g/mol. The van der Waals surface area contributed by atoms with Gasteiger partial charge in [0.15, 0.2) is 0 Å². The second-order valence-electron chi connectivity index (χ2n) is 11.6. The number of nitrogens with zero attached hydrogens (tertiary/aromatic N) is 1. The Morgan fingerprint density at radius 2 is 1.24 bits per heavy atom. The summed E-state index contributed by atoms with van der Waals surface area (Å²) in [6.07, 6.45) is 5.46. The fourth-order valence-corrected chi connectivity index (χ4v) is 6.24. The van der Waals surface area contributed by atoms with Crippen LogP contribution in [0, 0.1) is 13.8 Å². The summed E-state index contributed by atoms with van der Waals surface area (Å²) in [5, 5.41) is 14.3. The quantitative estimate of drug-likeness (QED) is 0.181. The van der Waals surface area contributed by atoms with Crippen LogP contribution in [0.2, 0.25) is 10.0 Å². The molecule has 0 aliphatic rings. The van der Waals surface area contributed by atoms with Crippen LogP contribution >= 0.6 is 23.2 Å². The maximum absolute atomic E-state index is 10.8. The summed E-state index contributed by atoms with van der Waals surface area (Å²) in [6, 6.07) is 39.1. The minimum absolute atomic E-state index is 0.451. The standard InChI is InChI=1S/C24H21Cl2NO.C16H15N/c1-16-6-2-3-7-17(16)12-19-14-27(23-9-5-4-8-20(19)23)15-24(28)18-10-11-21(25)22(26)13-18;1-12-6-2-3-7-13(12)10-14-11-17-16-9-5-4-8-15(14)16/h2-11,13-14,24,28H,12,15H2,1H3;2-9,11,17H,10H2,1H3/t24-;/m0./s1. The van der Waals surface area contributed by atoms with E-state index in [1.165, 1.54) is 49.7 Å². The molecule has 0 saturated heterocycles. The maximum Gasteiger partial charge on any atom is 0.0969 e. The molecule has 0 radical (unpaired) electrons. The Bertz CT molecular complexity index is 2070. The van der Waals surface area contributed by atoms with Crippen LogP contribution < -0.4 is 0 Å². The zero-order chi connectivity index (χ0) is 31.3. The fourth-order valence-electron chi connectivity index (χ4n) is 5.93. The molecule has 3 nitrogen and oxygen atoms in total. The Balaban J connectivity index is 0.000000179. The summed E-state index contributed by atoms with van der Waals surface area (Å²) in [7, 11) is 0. The van der Waals surface area contributed by atoms with Crippen molar-refractivity contribution in [1.82, 2.24) is 9.55 Å². The van der Waals surface area contributed by atoms with E-state index in [4.69, 9.17) is 23.2 Å². The first kappa shape index (κ1) is 30.7. The summed E-state index contributed by atoms with van der Waals surface area (Å²) < 4.78 is 2.12. The van der Waals surface area contributed by atoms with Gasteiger partial charge in [0.1, 0.15) is 0 Å². The number of rotatable bonds is 7. The molecule has 0 saturated carbocycles. The lowest BCUT2D eigenvalue weighted by atomic mass is 10.0. The van der Waals surface area contributed by atoms with Crippen molar-refractivity contribution in [3.63, 3.8) is 0 Å². The van der Waals surface area contributed by atoms with E-state index in [0.29, 0.717) is 16.6 Å². The Hall–Kier alpha value is -4.28. The van der Waals surface area contributed by atoms with Crippen molar-refractivity contribution in [2.75, 3.05) is 0 Å². The second kappa shape index (κ2) is 13.8. The molecule has 226 valence electrons. The number of benzene rings is 5. The molecule has 0 fully saturated rings. The molecule has 0 aliphatic heterocycles. The molecule has 7 aromatic rings. The van der Waals surface area contributed by atoms with Gasteiger partial charge in [0.25, 0.3) is 0 Å². The zero-order valence-corrected chi connectivity index (χ0v) is 27.0. The normalized spacial score (nSPS) is 11.8. The van der Waals surface area contributed by atoms with E-state index in [9.17, 15) is 5.11 Å². The van der Waals surface area contributed by atoms with Crippen LogP contribution in [0.3, 0.4) is 0 Å². The number of nitrogens with one attached hydrogen (secondary N) is 1. The third-order valence-corrected chi connectivity index (χ3v) is 9.27. The average molecular weight is 632 g/mol. The first-order chi connectivity index (χ1) is 21.9. The number of aromatic nitrogens is 2. The molecule has 1 atom stereocenters. The van der Waals surface area contributed by atoms with Gasteiger partial charge in [-0.2, -0.15) is 0 Å². The Labute approximate surface area is 274 Å². The van der Waals surface area contributed by atoms with Gasteiger partial charge < -0.3 is 14.7 Å². The molecule has 0 spiro atoms. The number of H-pyrrole nitrogens is 1. The zero-order valence-electron chi connectivity index (χ0n) is 25.5. The number of aliphatic hydroxyl groups excluding tert-OH is 1. The van der Waals surface area contributed by atoms with Crippen LogP contribution in [0.25, 0.3) is 21.8 Å². The number of aryl methyl sites for hydroxylation is 2. The third kappa shape index (κ3) is 7.02. The molecule has 0 amide bonds. The Morgan fingerprint density at radius 3 is 1.93 bits per heavy atom. The van der Waals surface area contributed by atoms with Crippen molar-refractivity contribution in [1.29, 1.82) is 0 Å². The number of aromatic amines is 1. The topological polar surface area (TPSA) is 41.0 Å². The maximum atomic E-state index is 10.8. The molecule has 2 N–H and O–H groups in total. The highest BCUT2D eigenvalue weighted by molar-refractivity contribution is 6.42. The largest absolute Gasteiger partial charge is 0.387 e. The van der Waals surface area contributed by atoms with E-state index in [1.807, 2.05) is 12.1 Å². The van der Waals surface area contributed by atoms with Crippen molar-refractivity contribution < 1.29 is 5.11 Å². The molecule has 0 unspecified atom stereocenters. The van der Waals surface area contributed by atoms with Gasteiger partial charge in [-0.1, -0.05) is 114 Å². The number of hydrogen-bond acceptors (Lipinski definition) is 1. The molecule has 2 heterocycles. The van der Waals surface area contributed by atoms with Crippen LogP contribution in [-0.2, 0) is 19.4 Å². The molecule has 5 aromatic carbocycles. The van der Waals surface area contributed by atoms with E-state index < -0.39 is 6.10 Å². The second-order valence-corrected chi connectivity index (χ2v) is 12.4. The molecular formula is C40H36Cl2N2O. The number of aliphatic hydroxyl groups is 1. The van der Waals surface area contributed by atoms with Gasteiger partial charge in [-0.25, -0.2) is 0 Å². The predicted octanol–water partition coefficient (Wildman–Crippen LogP) is 10.6. The van der Waals surface area contributed by atoms with E-state index in [2.05, 4.69) is 127 Å². The molecule has 0 bridgehead atoms. The summed E-state index contributed by atoms with van der Waals surface area (Å²) in [4.78, 5) is 3.33. The monoisotopic (exact) mass is 630 g/mol. The van der Waals surface area contributed by atoms with Crippen LogP contribution in [0.1, 0.15) is 45.0 Å². The summed E-state index contributed by atoms with van der Waals surface area (Å²) in [6.45, 7) is 4.76. The molecule has 2 aromatic heterocycles. The van der Waals surface area contributed by atoms with Crippen LogP contribution in [0.5, 0.6) is 0 Å². The van der Waals surface area contributed by atoms with Crippen molar-refractivity contribution in [2.45, 2.75) is 39.3 Å². The van der Waals surface area contributed by atoms with Gasteiger partial charge in [0.2, 0.25) is 0 Å². The smallest absolute Gasteiger partial charge is 0.0969 e. The highest BCUT2D eigenvalue weighted by Gasteiger charge is 2.15. The van der Waals surface area contributed by atoms with Gasteiger partial charge in [0.05, 0.1) is 22.7 Å². The van der Waals surface area contributed by atoms with Crippen molar-refractivity contribution in [3.05, 3.63) is 177 Å². The van der Waals surface area contributed by atoms with E-state index in [1.54, 1.807) is 12.1 Å². The predicted molar refractivity (Wildman–Crippen MR) is 190 cm³/mol. The van der Waals surface area contributed by atoms with Crippen LogP contribution in [0.4, 0.5) is 0 Å². The molecule has 0 aliphatic carbocycles. The lowest BCUT2D eigenvalue weighted by Gasteiger charge is -2.14. The minimum atomic E-state index is -0.670. The van der Waals surface area contributed by atoms with Crippen LogP contribution in [-0.4, -0.2) is 14.7 Å². The van der Waals surface area contributed by atoms with E-state index >= 15 is 0 Å². The molecule has 7 rings (SSSR count). The lowest BCUT2D eigenvalue weighted by Crippen LogP contribution is -2.08. The third-order valence-electron chi connectivity index (χ3n) is 8.53. The Morgan fingerprint density at radius 1 is 0.644 bits per heavy atom. The molecule has 5 heteroatoms. The van der Waals surface area contributed by atoms with Gasteiger partial charge in [-0.3, -0.25) is 0 Å². The van der Waals surface area contributed by atoms with Crippen LogP contribution in [0.15, 0.2) is 128 Å². The van der Waals surface area contributed by atoms with Gasteiger partial charge in [0, 0.05) is 34.2 Å². The number of hydrogen-bond donors (Lipinski definition) is 2. The SMILES string of the molecule is Cc1ccccc1Cc1c[nH]c2ccccc12.Cc1ccccc1Cc1cn(C[C@H](O)c2ccc(Cl)c(Cl)c2)c2ccccc12.